The number of ether oxygens (including phenoxy) is 1. The van der Waals surface area contributed by atoms with Gasteiger partial charge in [-0.1, -0.05) is 39.8 Å². The molecule has 0 aliphatic rings. The van der Waals surface area contributed by atoms with E-state index >= 15 is 0 Å². The Hall–Kier alpha value is -1.29. The zero-order valence-electron chi connectivity index (χ0n) is 15.0. The van der Waals surface area contributed by atoms with Crippen LogP contribution < -0.4 is 4.43 Å². The summed E-state index contributed by atoms with van der Waals surface area (Å²) in [4.78, 5) is 11.6. The van der Waals surface area contributed by atoms with Gasteiger partial charge in [0.25, 0.3) is 0 Å². The molecule has 0 aliphatic carbocycles. The number of esters is 1. The summed E-state index contributed by atoms with van der Waals surface area (Å²) < 4.78 is 11.4. The molecule has 0 N–H and O–H groups in total. The third kappa shape index (κ3) is 5.16. The predicted molar refractivity (Wildman–Crippen MR) is 93.9 cm³/mol. The van der Waals surface area contributed by atoms with Crippen molar-refractivity contribution in [2.24, 2.45) is 0 Å². The molecule has 1 unspecified atom stereocenters. The molecule has 1 aromatic carbocycles. The van der Waals surface area contributed by atoms with Crippen molar-refractivity contribution < 1.29 is 14.0 Å². The van der Waals surface area contributed by atoms with Gasteiger partial charge in [-0.2, -0.15) is 0 Å². The largest absolute Gasteiger partial charge is 0.543 e. The van der Waals surface area contributed by atoms with Gasteiger partial charge in [0.2, 0.25) is 8.32 Å². The number of rotatable bonds is 6. The maximum absolute atomic E-state index is 11.6. The summed E-state index contributed by atoms with van der Waals surface area (Å²) in [6.07, 6.45) is 0.400. The predicted octanol–water partition coefficient (Wildman–Crippen LogP) is 5.13. The molecule has 0 fully saturated rings. The number of hydrogen-bond donors (Lipinski definition) is 0. The first-order valence-electron chi connectivity index (χ1n) is 8.01. The molecular formula is C18H30O3Si. The maximum atomic E-state index is 11.6. The molecule has 0 aliphatic heterocycles. The van der Waals surface area contributed by atoms with Crippen LogP contribution in [0.15, 0.2) is 24.3 Å². The van der Waals surface area contributed by atoms with Gasteiger partial charge in [0.05, 0.1) is 13.0 Å². The molecule has 3 nitrogen and oxygen atoms in total. The highest BCUT2D eigenvalue weighted by Gasteiger charge is 2.39. The summed E-state index contributed by atoms with van der Waals surface area (Å²) in [5, 5.41) is 0.166. The van der Waals surface area contributed by atoms with Crippen LogP contribution in [-0.4, -0.2) is 20.9 Å². The van der Waals surface area contributed by atoms with Crippen molar-refractivity contribution in [1.29, 1.82) is 0 Å². The molecule has 1 aromatic rings. The molecule has 1 rings (SSSR count). The first-order chi connectivity index (χ1) is 10.1. The van der Waals surface area contributed by atoms with Gasteiger partial charge in [0.1, 0.15) is 5.75 Å². The van der Waals surface area contributed by atoms with E-state index in [2.05, 4.69) is 39.9 Å². The lowest BCUT2D eigenvalue weighted by Crippen LogP contribution is -2.43. The molecule has 0 saturated heterocycles. The molecule has 0 bridgehead atoms. The second-order valence-electron chi connectivity index (χ2n) is 7.35. The van der Waals surface area contributed by atoms with E-state index in [0.717, 1.165) is 11.3 Å². The number of benzene rings is 1. The van der Waals surface area contributed by atoms with Crippen molar-refractivity contribution in [1.82, 2.24) is 0 Å². The van der Waals surface area contributed by atoms with E-state index < -0.39 is 8.32 Å². The molecule has 0 saturated carbocycles. The first kappa shape index (κ1) is 18.8. The van der Waals surface area contributed by atoms with Gasteiger partial charge in [0.15, 0.2) is 0 Å². The Balaban J connectivity index is 2.84. The van der Waals surface area contributed by atoms with Crippen LogP contribution in [0.25, 0.3) is 0 Å². The van der Waals surface area contributed by atoms with Crippen LogP contribution in [0.1, 0.15) is 52.5 Å². The Morgan fingerprint density at radius 3 is 2.45 bits per heavy atom. The number of hydrogen-bond acceptors (Lipinski definition) is 3. The molecule has 0 heterocycles. The smallest absolute Gasteiger partial charge is 0.306 e. The van der Waals surface area contributed by atoms with Crippen LogP contribution in [0.3, 0.4) is 0 Å². The highest BCUT2D eigenvalue weighted by Crippen LogP contribution is 2.37. The van der Waals surface area contributed by atoms with Crippen LogP contribution in [0.4, 0.5) is 0 Å². The van der Waals surface area contributed by atoms with Gasteiger partial charge in [-0.3, -0.25) is 4.79 Å². The van der Waals surface area contributed by atoms with Crippen LogP contribution >= 0.6 is 0 Å². The average Bonchev–Trinajstić information content (AvgIpc) is 2.37. The summed E-state index contributed by atoms with van der Waals surface area (Å²) >= 11 is 0. The topological polar surface area (TPSA) is 35.5 Å². The highest BCUT2D eigenvalue weighted by molar-refractivity contribution is 6.74. The molecule has 124 valence electrons. The summed E-state index contributed by atoms with van der Waals surface area (Å²) in [7, 11) is -1.84. The van der Waals surface area contributed by atoms with Crippen molar-refractivity contribution in [3.63, 3.8) is 0 Å². The summed E-state index contributed by atoms with van der Waals surface area (Å²) in [5.41, 5.74) is 1.12. The lowest BCUT2D eigenvalue weighted by Gasteiger charge is -2.36. The van der Waals surface area contributed by atoms with Crippen molar-refractivity contribution in [3.05, 3.63) is 29.8 Å². The van der Waals surface area contributed by atoms with E-state index in [0.29, 0.717) is 13.0 Å². The molecule has 1 atom stereocenters. The van der Waals surface area contributed by atoms with Crippen molar-refractivity contribution in [3.8, 4) is 5.75 Å². The quantitative estimate of drug-likeness (QED) is 0.538. The normalized spacial score (nSPS) is 13.6. The molecule has 22 heavy (non-hydrogen) atoms. The lowest BCUT2D eigenvalue weighted by molar-refractivity contribution is -0.143. The molecule has 4 heteroatoms. The van der Waals surface area contributed by atoms with E-state index in [4.69, 9.17) is 9.16 Å². The zero-order chi connectivity index (χ0) is 17.0. The summed E-state index contributed by atoms with van der Waals surface area (Å²) in [5.74, 6) is 0.882. The standard InChI is InChI=1S/C18H30O3Si/c1-8-20-17(19)12-14(2)15-10-9-11-16(13-15)21-22(6,7)18(3,4)5/h9-11,13-14H,8,12H2,1-7H3. The minimum atomic E-state index is -1.84. The Morgan fingerprint density at radius 2 is 1.91 bits per heavy atom. The van der Waals surface area contributed by atoms with Gasteiger partial charge >= 0.3 is 5.97 Å². The third-order valence-corrected chi connectivity index (χ3v) is 8.74. The molecule has 0 amide bonds. The van der Waals surface area contributed by atoms with E-state index in [1.807, 2.05) is 32.0 Å². The van der Waals surface area contributed by atoms with E-state index in [1.54, 1.807) is 0 Å². The number of carbonyl (C=O) groups excluding carboxylic acids is 1. The van der Waals surface area contributed by atoms with Crippen molar-refractivity contribution >= 4 is 14.3 Å². The van der Waals surface area contributed by atoms with Gasteiger partial charge in [-0.25, -0.2) is 0 Å². The Labute approximate surface area is 136 Å². The van der Waals surface area contributed by atoms with E-state index in [9.17, 15) is 4.79 Å². The Kier molecular flexibility index (Phi) is 6.24. The average molecular weight is 323 g/mol. The third-order valence-electron chi connectivity index (χ3n) is 4.38. The molecule has 0 spiro atoms. The fraction of sp³-hybridized carbons (Fsp3) is 0.611. The zero-order valence-corrected chi connectivity index (χ0v) is 16.0. The maximum Gasteiger partial charge on any atom is 0.306 e. The monoisotopic (exact) mass is 322 g/mol. The van der Waals surface area contributed by atoms with Crippen LogP contribution in [0, 0.1) is 0 Å². The number of carbonyl (C=O) groups is 1. The summed E-state index contributed by atoms with van der Waals surface area (Å²) in [6, 6.07) is 8.10. The van der Waals surface area contributed by atoms with Gasteiger partial charge < -0.3 is 9.16 Å². The second kappa shape index (κ2) is 7.31. The molecule has 0 aromatic heterocycles. The second-order valence-corrected chi connectivity index (χ2v) is 12.1. The van der Waals surface area contributed by atoms with Gasteiger partial charge in [-0.15, -0.1) is 0 Å². The highest BCUT2D eigenvalue weighted by atomic mass is 28.4. The lowest BCUT2D eigenvalue weighted by atomic mass is 9.98. The van der Waals surface area contributed by atoms with Crippen LogP contribution in [-0.2, 0) is 9.53 Å². The summed E-state index contributed by atoms with van der Waals surface area (Å²) in [6.45, 7) is 15.5. The first-order valence-corrected chi connectivity index (χ1v) is 10.9. The van der Waals surface area contributed by atoms with Gasteiger partial charge in [-0.05, 0) is 48.7 Å². The van der Waals surface area contributed by atoms with Crippen molar-refractivity contribution in [2.45, 2.75) is 65.1 Å². The molecular weight excluding hydrogens is 292 g/mol. The molecule has 0 radical (unpaired) electrons. The van der Waals surface area contributed by atoms with E-state index in [-0.39, 0.29) is 16.9 Å². The Bertz CT molecular complexity index is 503. The Morgan fingerprint density at radius 1 is 1.27 bits per heavy atom. The SMILES string of the molecule is CCOC(=O)CC(C)c1cccc(O[Si](C)(C)C(C)(C)C)c1. The van der Waals surface area contributed by atoms with Crippen LogP contribution in [0.2, 0.25) is 18.1 Å². The van der Waals surface area contributed by atoms with E-state index in [1.165, 1.54) is 0 Å². The fourth-order valence-corrected chi connectivity index (χ4v) is 2.94. The van der Waals surface area contributed by atoms with Gasteiger partial charge in [0, 0.05) is 0 Å². The van der Waals surface area contributed by atoms with Crippen LogP contribution in [0.5, 0.6) is 5.75 Å². The minimum Gasteiger partial charge on any atom is -0.543 e. The fourth-order valence-electron chi connectivity index (χ4n) is 1.92. The van der Waals surface area contributed by atoms with Crippen molar-refractivity contribution in [2.75, 3.05) is 6.61 Å². The minimum absolute atomic E-state index is 0.127.